The fourth-order valence-corrected chi connectivity index (χ4v) is 9.37. The Hall–Kier alpha value is -8.14. The summed E-state index contributed by atoms with van der Waals surface area (Å²) in [4.78, 5) is 2.38. The van der Waals surface area contributed by atoms with Gasteiger partial charge in [-0.25, -0.2) is 0 Å². The second kappa shape index (κ2) is 14.3. The van der Waals surface area contributed by atoms with Gasteiger partial charge in [0.2, 0.25) is 0 Å². The molecule has 2 aromatic heterocycles. The lowest BCUT2D eigenvalue weighted by molar-refractivity contribution is 0.669. The Morgan fingerprint density at radius 1 is 0.328 bits per heavy atom. The van der Waals surface area contributed by atoms with Gasteiger partial charge in [-0.2, -0.15) is 0 Å². The van der Waals surface area contributed by atoms with E-state index in [0.29, 0.717) is 0 Å². The maximum Gasteiger partial charge on any atom is 0.136 e. The molecule has 286 valence electrons. The number of rotatable bonds is 7. The van der Waals surface area contributed by atoms with Crippen LogP contribution in [0, 0.1) is 0 Å². The highest BCUT2D eigenvalue weighted by Crippen LogP contribution is 2.42. The van der Waals surface area contributed by atoms with E-state index in [9.17, 15) is 0 Å². The standard InChI is InChI=1S/C58H38N2O/c1-2-19-48-41(13-1)14-11-23-49(48)42-15-9-17-46(37-42)59(47-18-10-16-43(38-47)50-24-12-28-57-58(50)53-22-5-8-27-56(53)61-57)44-33-29-39(30-34-44)40-31-35-45(36-32-40)60-54-25-6-3-20-51(54)52-21-4-7-26-55(52)60/h1-38H. The minimum absolute atomic E-state index is 0.891. The Bertz CT molecular complexity index is 3530. The molecule has 0 atom stereocenters. The van der Waals surface area contributed by atoms with Crippen molar-refractivity contribution in [2.24, 2.45) is 0 Å². The predicted molar refractivity (Wildman–Crippen MR) is 257 cm³/mol. The molecule has 0 radical (unpaired) electrons. The fraction of sp³-hybridized carbons (Fsp3) is 0. The van der Waals surface area contributed by atoms with Crippen LogP contribution < -0.4 is 4.90 Å². The van der Waals surface area contributed by atoms with Gasteiger partial charge in [-0.3, -0.25) is 0 Å². The molecule has 2 heterocycles. The zero-order chi connectivity index (χ0) is 40.3. The van der Waals surface area contributed by atoms with Crippen LogP contribution in [-0.2, 0) is 0 Å². The first-order valence-corrected chi connectivity index (χ1v) is 20.8. The van der Waals surface area contributed by atoms with E-state index in [1.807, 2.05) is 12.1 Å². The molecule has 12 rings (SSSR count). The van der Waals surface area contributed by atoms with E-state index < -0.39 is 0 Å². The molecule has 0 aliphatic rings. The quantitative estimate of drug-likeness (QED) is 0.161. The minimum Gasteiger partial charge on any atom is -0.456 e. The third kappa shape index (κ3) is 5.90. The second-order valence-corrected chi connectivity index (χ2v) is 15.7. The number of furan rings is 1. The molecule has 0 fully saturated rings. The van der Waals surface area contributed by atoms with Crippen LogP contribution in [0.15, 0.2) is 235 Å². The van der Waals surface area contributed by atoms with Crippen molar-refractivity contribution in [3.05, 3.63) is 231 Å². The maximum atomic E-state index is 6.31. The van der Waals surface area contributed by atoms with Crippen molar-refractivity contribution in [2.75, 3.05) is 4.90 Å². The van der Waals surface area contributed by atoms with Gasteiger partial charge in [0.1, 0.15) is 11.2 Å². The molecule has 0 unspecified atom stereocenters. The Labute approximate surface area is 353 Å². The lowest BCUT2D eigenvalue weighted by atomic mass is 9.97. The SMILES string of the molecule is c1cc(-c2cccc3ccccc23)cc(N(c2ccc(-c3ccc(-n4c5ccccc5c5ccccc54)cc3)cc2)c2cccc(-c3cccc4oc5ccccc5c34)c2)c1. The van der Waals surface area contributed by atoms with Gasteiger partial charge in [0.25, 0.3) is 0 Å². The number of fused-ring (bicyclic) bond motifs is 7. The molecule has 0 bridgehead atoms. The summed E-state index contributed by atoms with van der Waals surface area (Å²) in [6.07, 6.45) is 0. The molecule has 10 aromatic carbocycles. The van der Waals surface area contributed by atoms with E-state index in [-0.39, 0.29) is 0 Å². The molecule has 3 heteroatoms. The van der Waals surface area contributed by atoms with Crippen LogP contribution in [0.2, 0.25) is 0 Å². The zero-order valence-electron chi connectivity index (χ0n) is 33.2. The maximum absolute atomic E-state index is 6.31. The highest BCUT2D eigenvalue weighted by Gasteiger charge is 2.18. The van der Waals surface area contributed by atoms with Crippen molar-refractivity contribution in [3.63, 3.8) is 0 Å². The van der Waals surface area contributed by atoms with Crippen molar-refractivity contribution in [3.8, 4) is 39.1 Å². The third-order valence-corrected chi connectivity index (χ3v) is 12.2. The van der Waals surface area contributed by atoms with Crippen molar-refractivity contribution in [1.82, 2.24) is 4.57 Å². The Morgan fingerprint density at radius 3 is 1.54 bits per heavy atom. The monoisotopic (exact) mass is 778 g/mol. The molecular formula is C58H38N2O. The van der Waals surface area contributed by atoms with Gasteiger partial charge in [0.15, 0.2) is 0 Å². The molecule has 3 nitrogen and oxygen atoms in total. The highest BCUT2D eigenvalue weighted by atomic mass is 16.3. The van der Waals surface area contributed by atoms with E-state index in [1.165, 1.54) is 49.3 Å². The Morgan fingerprint density at radius 2 is 0.836 bits per heavy atom. The summed E-state index contributed by atoms with van der Waals surface area (Å²) in [5.41, 5.74) is 15.6. The molecule has 0 saturated carbocycles. The van der Waals surface area contributed by atoms with E-state index in [2.05, 4.69) is 228 Å². The first kappa shape index (κ1) is 34.9. The van der Waals surface area contributed by atoms with Crippen molar-refractivity contribution < 1.29 is 4.42 Å². The van der Waals surface area contributed by atoms with E-state index in [0.717, 1.165) is 61.4 Å². The topological polar surface area (TPSA) is 21.3 Å². The summed E-state index contributed by atoms with van der Waals surface area (Å²) in [5.74, 6) is 0. The lowest BCUT2D eigenvalue weighted by Crippen LogP contribution is -2.10. The predicted octanol–water partition coefficient (Wildman–Crippen LogP) is 16.3. The van der Waals surface area contributed by atoms with Crippen molar-refractivity contribution >= 4 is 71.6 Å². The average Bonchev–Trinajstić information content (AvgIpc) is 3.88. The summed E-state index contributed by atoms with van der Waals surface area (Å²) in [5, 5.41) is 7.26. The van der Waals surface area contributed by atoms with Gasteiger partial charge in [-0.15, -0.1) is 0 Å². The molecule has 0 saturated heterocycles. The van der Waals surface area contributed by atoms with Gasteiger partial charge >= 0.3 is 0 Å². The fourth-order valence-electron chi connectivity index (χ4n) is 9.37. The largest absolute Gasteiger partial charge is 0.456 e. The Balaban J connectivity index is 0.961. The van der Waals surface area contributed by atoms with Crippen LogP contribution in [0.5, 0.6) is 0 Å². The van der Waals surface area contributed by atoms with Gasteiger partial charge < -0.3 is 13.9 Å². The summed E-state index contributed by atoms with van der Waals surface area (Å²) in [6, 6.07) is 82.9. The van der Waals surface area contributed by atoms with Gasteiger partial charge in [0, 0.05) is 44.3 Å². The van der Waals surface area contributed by atoms with Gasteiger partial charge in [-0.05, 0) is 117 Å². The van der Waals surface area contributed by atoms with Crippen LogP contribution in [-0.4, -0.2) is 4.57 Å². The first-order valence-electron chi connectivity index (χ1n) is 20.8. The average molecular weight is 779 g/mol. The molecule has 12 aromatic rings. The number of anilines is 3. The van der Waals surface area contributed by atoms with Crippen LogP contribution >= 0.6 is 0 Å². The number of benzene rings is 10. The molecule has 0 spiro atoms. The molecule has 61 heavy (non-hydrogen) atoms. The highest BCUT2D eigenvalue weighted by molar-refractivity contribution is 6.13. The van der Waals surface area contributed by atoms with Gasteiger partial charge in [0.05, 0.1) is 11.0 Å². The van der Waals surface area contributed by atoms with Crippen LogP contribution in [0.1, 0.15) is 0 Å². The van der Waals surface area contributed by atoms with E-state index in [1.54, 1.807) is 0 Å². The second-order valence-electron chi connectivity index (χ2n) is 15.7. The van der Waals surface area contributed by atoms with Crippen LogP contribution in [0.3, 0.4) is 0 Å². The molecule has 0 aliphatic heterocycles. The number of aromatic nitrogens is 1. The third-order valence-electron chi connectivity index (χ3n) is 12.2. The number of nitrogens with zero attached hydrogens (tertiary/aromatic N) is 2. The zero-order valence-corrected chi connectivity index (χ0v) is 33.2. The smallest absolute Gasteiger partial charge is 0.136 e. The summed E-state index contributed by atoms with van der Waals surface area (Å²) >= 11 is 0. The first-order chi connectivity index (χ1) is 30.2. The van der Waals surface area contributed by atoms with Crippen molar-refractivity contribution in [1.29, 1.82) is 0 Å². The molecule has 0 N–H and O–H groups in total. The molecule has 0 aliphatic carbocycles. The van der Waals surface area contributed by atoms with Crippen LogP contribution in [0.4, 0.5) is 17.1 Å². The minimum atomic E-state index is 0.891. The molecule has 0 amide bonds. The summed E-state index contributed by atoms with van der Waals surface area (Å²) in [6.45, 7) is 0. The number of para-hydroxylation sites is 3. The van der Waals surface area contributed by atoms with Crippen molar-refractivity contribution in [2.45, 2.75) is 0 Å². The van der Waals surface area contributed by atoms with Gasteiger partial charge in [-0.1, -0.05) is 158 Å². The summed E-state index contributed by atoms with van der Waals surface area (Å²) in [7, 11) is 0. The number of hydrogen-bond acceptors (Lipinski definition) is 2. The molecular weight excluding hydrogens is 741 g/mol. The Kier molecular flexibility index (Phi) is 8.17. The lowest BCUT2D eigenvalue weighted by Gasteiger charge is -2.27. The van der Waals surface area contributed by atoms with Crippen LogP contribution in [0.25, 0.3) is 93.6 Å². The number of hydrogen-bond donors (Lipinski definition) is 0. The normalized spacial score (nSPS) is 11.6. The summed E-state index contributed by atoms with van der Waals surface area (Å²) < 4.78 is 8.68. The van der Waals surface area contributed by atoms with E-state index >= 15 is 0 Å². The van der Waals surface area contributed by atoms with E-state index in [4.69, 9.17) is 4.42 Å².